The van der Waals surface area contributed by atoms with E-state index in [-0.39, 0.29) is 18.0 Å². The Balaban J connectivity index is 2.11. The third kappa shape index (κ3) is 5.44. The summed E-state index contributed by atoms with van der Waals surface area (Å²) in [7, 11) is 0. The van der Waals surface area contributed by atoms with Gasteiger partial charge in [-0.15, -0.1) is 0 Å². The molecule has 3 N–H and O–H groups in total. The molecule has 0 fully saturated rings. The van der Waals surface area contributed by atoms with Crippen LogP contribution in [0.2, 0.25) is 0 Å². The fourth-order valence-electron chi connectivity index (χ4n) is 2.85. The van der Waals surface area contributed by atoms with E-state index >= 15 is 0 Å². The summed E-state index contributed by atoms with van der Waals surface area (Å²) in [4.78, 5) is 37.6. The summed E-state index contributed by atoms with van der Waals surface area (Å²) < 4.78 is 1.12. The van der Waals surface area contributed by atoms with Crippen LogP contribution in [0.3, 0.4) is 0 Å². The fourth-order valence-corrected chi connectivity index (χ4v) is 2.85. The number of hydrazone groups is 1. The van der Waals surface area contributed by atoms with Crippen molar-refractivity contribution in [2.75, 3.05) is 0 Å². The van der Waals surface area contributed by atoms with E-state index in [1.165, 1.54) is 12.0 Å². The molecule has 0 spiro atoms. The van der Waals surface area contributed by atoms with E-state index in [1.807, 2.05) is 6.92 Å². The number of aromatic amines is 1. The lowest BCUT2D eigenvalue weighted by molar-refractivity contribution is -0.121. The molecule has 0 aliphatic heterocycles. The molecule has 0 saturated carbocycles. The highest BCUT2D eigenvalue weighted by Gasteiger charge is 2.13. The summed E-state index contributed by atoms with van der Waals surface area (Å²) in [6.07, 6.45) is 10.2. The summed E-state index contributed by atoms with van der Waals surface area (Å²) in [5.41, 5.74) is 2.01. The standard InChI is InChI=1S/C18H26N4O4/c1-2-3-9-15(23)21-19-12-14-16(24)20-18(26)22(17(14)25)11-10-13-7-5-4-6-8-13/h7,12,25H,2-6,8-11H2,1H3,(H,21,23)(H,20,24,26)/b19-12-. The largest absolute Gasteiger partial charge is 0.494 e. The van der Waals surface area contributed by atoms with Crippen LogP contribution < -0.4 is 16.7 Å². The number of nitrogens with one attached hydrogen (secondary N) is 2. The Morgan fingerprint density at radius 3 is 2.92 bits per heavy atom. The first-order chi connectivity index (χ1) is 12.5. The maximum atomic E-state index is 12.0. The molecule has 142 valence electrons. The van der Waals surface area contributed by atoms with Gasteiger partial charge < -0.3 is 5.11 Å². The van der Waals surface area contributed by atoms with E-state index in [4.69, 9.17) is 0 Å². The average Bonchev–Trinajstić information content (AvgIpc) is 2.63. The van der Waals surface area contributed by atoms with E-state index in [2.05, 4.69) is 21.6 Å². The molecule has 8 heteroatoms. The maximum Gasteiger partial charge on any atom is 0.331 e. The Labute approximate surface area is 151 Å². The van der Waals surface area contributed by atoms with E-state index in [0.29, 0.717) is 12.8 Å². The molecule has 26 heavy (non-hydrogen) atoms. The average molecular weight is 362 g/mol. The van der Waals surface area contributed by atoms with Crippen LogP contribution in [0.15, 0.2) is 26.3 Å². The van der Waals surface area contributed by atoms with E-state index < -0.39 is 17.1 Å². The summed E-state index contributed by atoms with van der Waals surface area (Å²) >= 11 is 0. The minimum Gasteiger partial charge on any atom is -0.494 e. The van der Waals surface area contributed by atoms with Gasteiger partial charge in [-0.2, -0.15) is 5.10 Å². The van der Waals surface area contributed by atoms with Crippen molar-refractivity contribution in [3.05, 3.63) is 38.1 Å². The number of rotatable bonds is 8. The minimum atomic E-state index is -0.743. The number of hydrogen-bond acceptors (Lipinski definition) is 5. The van der Waals surface area contributed by atoms with Gasteiger partial charge in [-0.05, 0) is 38.5 Å². The molecule has 1 amide bonds. The lowest BCUT2D eigenvalue weighted by atomic mass is 9.97. The Morgan fingerprint density at radius 1 is 1.42 bits per heavy atom. The van der Waals surface area contributed by atoms with Crippen LogP contribution >= 0.6 is 0 Å². The number of unbranched alkanes of at least 4 members (excludes halogenated alkanes) is 1. The van der Waals surface area contributed by atoms with Gasteiger partial charge in [0.05, 0.1) is 6.21 Å². The van der Waals surface area contributed by atoms with Crippen molar-refractivity contribution in [1.82, 2.24) is 15.0 Å². The van der Waals surface area contributed by atoms with Crippen LogP contribution in [0.4, 0.5) is 0 Å². The van der Waals surface area contributed by atoms with Gasteiger partial charge in [-0.25, -0.2) is 10.2 Å². The number of hydrogen-bond donors (Lipinski definition) is 3. The Bertz CT molecular complexity index is 804. The molecule has 0 unspecified atom stereocenters. The summed E-state index contributed by atoms with van der Waals surface area (Å²) in [6, 6.07) is 0. The molecular weight excluding hydrogens is 336 g/mol. The van der Waals surface area contributed by atoms with Crippen LogP contribution in [0.5, 0.6) is 5.88 Å². The highest BCUT2D eigenvalue weighted by atomic mass is 16.3. The number of carbonyl (C=O) groups excluding carboxylic acids is 1. The zero-order chi connectivity index (χ0) is 18.9. The van der Waals surface area contributed by atoms with Crippen molar-refractivity contribution in [2.24, 2.45) is 5.10 Å². The monoisotopic (exact) mass is 362 g/mol. The van der Waals surface area contributed by atoms with Crippen molar-refractivity contribution >= 4 is 12.1 Å². The Hall–Kier alpha value is -2.64. The molecule has 0 atom stereocenters. The number of amides is 1. The smallest absolute Gasteiger partial charge is 0.331 e. The Morgan fingerprint density at radius 2 is 2.23 bits per heavy atom. The van der Waals surface area contributed by atoms with Gasteiger partial charge in [0.2, 0.25) is 11.8 Å². The molecule has 0 aromatic carbocycles. The SMILES string of the molecule is CCCCC(=O)N/N=C\c1c(O)n(CCC2=CCCCC2)c(=O)[nH]c1=O. The molecule has 1 heterocycles. The van der Waals surface area contributed by atoms with Crippen LogP contribution in [0.25, 0.3) is 0 Å². The minimum absolute atomic E-state index is 0.155. The lowest BCUT2D eigenvalue weighted by Crippen LogP contribution is -2.32. The second-order valence-electron chi connectivity index (χ2n) is 6.40. The summed E-state index contributed by atoms with van der Waals surface area (Å²) in [5.74, 6) is -0.710. The highest BCUT2D eigenvalue weighted by Crippen LogP contribution is 2.21. The van der Waals surface area contributed by atoms with Gasteiger partial charge in [-0.3, -0.25) is 19.1 Å². The number of nitrogens with zero attached hydrogens (tertiary/aromatic N) is 2. The first-order valence-corrected chi connectivity index (χ1v) is 9.08. The summed E-state index contributed by atoms with van der Waals surface area (Å²) in [5, 5.41) is 14.0. The second kappa shape index (κ2) is 9.74. The molecule has 1 aromatic heterocycles. The fraction of sp³-hybridized carbons (Fsp3) is 0.556. The normalized spacial score (nSPS) is 14.4. The topological polar surface area (TPSA) is 117 Å². The van der Waals surface area contributed by atoms with Crippen LogP contribution in [-0.2, 0) is 11.3 Å². The van der Waals surface area contributed by atoms with Crippen molar-refractivity contribution in [2.45, 2.75) is 64.8 Å². The van der Waals surface area contributed by atoms with Crippen molar-refractivity contribution in [3.8, 4) is 5.88 Å². The van der Waals surface area contributed by atoms with E-state index in [0.717, 1.165) is 42.9 Å². The molecule has 0 saturated heterocycles. The quantitative estimate of drug-likeness (QED) is 0.371. The first-order valence-electron chi connectivity index (χ1n) is 9.08. The number of aromatic hydroxyl groups is 1. The van der Waals surface area contributed by atoms with Crippen LogP contribution in [0, 0.1) is 0 Å². The lowest BCUT2D eigenvalue weighted by Gasteiger charge is -2.14. The van der Waals surface area contributed by atoms with E-state index in [1.54, 1.807) is 0 Å². The van der Waals surface area contributed by atoms with Crippen molar-refractivity contribution < 1.29 is 9.90 Å². The zero-order valence-corrected chi connectivity index (χ0v) is 15.1. The number of aromatic nitrogens is 2. The van der Waals surface area contributed by atoms with Crippen LogP contribution in [-0.4, -0.2) is 26.8 Å². The van der Waals surface area contributed by atoms with Gasteiger partial charge in [-0.1, -0.05) is 25.0 Å². The van der Waals surface area contributed by atoms with Gasteiger partial charge in [0.1, 0.15) is 5.56 Å². The predicted octanol–water partition coefficient (Wildman–Crippen LogP) is 1.77. The molecule has 1 aromatic rings. The van der Waals surface area contributed by atoms with E-state index in [9.17, 15) is 19.5 Å². The van der Waals surface area contributed by atoms with Crippen molar-refractivity contribution in [1.29, 1.82) is 0 Å². The third-order valence-corrected chi connectivity index (χ3v) is 4.39. The molecule has 0 bridgehead atoms. The predicted molar refractivity (Wildman–Crippen MR) is 99.4 cm³/mol. The molecule has 1 aliphatic rings. The second-order valence-corrected chi connectivity index (χ2v) is 6.40. The highest BCUT2D eigenvalue weighted by molar-refractivity contribution is 5.83. The van der Waals surface area contributed by atoms with Gasteiger partial charge in [0, 0.05) is 13.0 Å². The molecule has 8 nitrogen and oxygen atoms in total. The zero-order valence-electron chi connectivity index (χ0n) is 15.1. The maximum absolute atomic E-state index is 12.0. The van der Waals surface area contributed by atoms with Gasteiger partial charge in [0.25, 0.3) is 5.56 Å². The third-order valence-electron chi connectivity index (χ3n) is 4.39. The molecule has 1 aliphatic carbocycles. The molecular formula is C18H26N4O4. The Kier molecular flexibility index (Phi) is 7.37. The first kappa shape index (κ1) is 19.7. The number of allylic oxidation sites excluding steroid dienone is 2. The number of H-pyrrole nitrogens is 1. The summed E-state index contributed by atoms with van der Waals surface area (Å²) in [6.45, 7) is 2.25. The molecule has 0 radical (unpaired) electrons. The number of carbonyl (C=O) groups is 1. The molecule has 2 rings (SSSR count). The van der Waals surface area contributed by atoms with Gasteiger partial charge >= 0.3 is 5.69 Å². The van der Waals surface area contributed by atoms with Gasteiger partial charge in [0.15, 0.2) is 0 Å². The van der Waals surface area contributed by atoms with Crippen LogP contribution in [0.1, 0.15) is 63.9 Å². The van der Waals surface area contributed by atoms with Crippen molar-refractivity contribution in [3.63, 3.8) is 0 Å².